The summed E-state index contributed by atoms with van der Waals surface area (Å²) in [7, 11) is 0. The van der Waals surface area contributed by atoms with Crippen molar-refractivity contribution in [3.05, 3.63) is 90.3 Å². The number of rotatable bonds is 6. The predicted molar refractivity (Wildman–Crippen MR) is 112 cm³/mol. The molecule has 3 aromatic rings. The van der Waals surface area contributed by atoms with Gasteiger partial charge in [0.1, 0.15) is 0 Å². The number of carbonyl (C=O) groups excluding carboxylic acids is 1. The van der Waals surface area contributed by atoms with Crippen LogP contribution in [0.4, 0.5) is 11.4 Å². The van der Waals surface area contributed by atoms with E-state index in [1.807, 2.05) is 42.5 Å². The van der Waals surface area contributed by atoms with E-state index >= 15 is 0 Å². The summed E-state index contributed by atoms with van der Waals surface area (Å²) in [6.07, 6.45) is 4.45. The number of hydrogen-bond donors (Lipinski definition) is 2. The predicted octanol–water partition coefficient (Wildman–Crippen LogP) is 3.83. The first-order valence-corrected chi connectivity index (χ1v) is 9.60. The Kier molecular flexibility index (Phi) is 5.64. The Morgan fingerprint density at radius 1 is 1.00 bits per heavy atom. The Balaban J connectivity index is 1.33. The number of amides is 1. The molecule has 1 atom stereocenters. The summed E-state index contributed by atoms with van der Waals surface area (Å²) in [4.78, 5) is 19.1. The molecule has 0 saturated carbocycles. The van der Waals surface area contributed by atoms with Crippen molar-refractivity contribution >= 4 is 17.3 Å². The summed E-state index contributed by atoms with van der Waals surface area (Å²) < 4.78 is 0. The lowest BCUT2D eigenvalue weighted by molar-refractivity contribution is 0.0937. The molecule has 1 aliphatic heterocycles. The zero-order valence-electron chi connectivity index (χ0n) is 15.7. The first-order chi connectivity index (χ1) is 13.8. The van der Waals surface area contributed by atoms with Gasteiger partial charge < -0.3 is 10.6 Å². The molecule has 5 heteroatoms. The van der Waals surface area contributed by atoms with Crippen molar-refractivity contribution in [3.63, 3.8) is 0 Å². The summed E-state index contributed by atoms with van der Waals surface area (Å²) in [5.74, 6) is -0.0232. The highest BCUT2D eigenvalue weighted by Crippen LogP contribution is 2.18. The van der Waals surface area contributed by atoms with Crippen molar-refractivity contribution in [2.24, 2.45) is 0 Å². The van der Waals surface area contributed by atoms with Crippen LogP contribution in [-0.2, 0) is 6.54 Å². The monoisotopic (exact) mass is 372 g/mol. The first kappa shape index (κ1) is 18.2. The van der Waals surface area contributed by atoms with Crippen LogP contribution in [0.15, 0.2) is 79.1 Å². The van der Waals surface area contributed by atoms with E-state index in [0.717, 1.165) is 37.4 Å². The summed E-state index contributed by atoms with van der Waals surface area (Å²) in [5, 5.41) is 6.48. The van der Waals surface area contributed by atoms with Crippen LogP contribution in [0, 0.1) is 0 Å². The highest BCUT2D eigenvalue weighted by atomic mass is 16.1. The molecule has 2 heterocycles. The van der Waals surface area contributed by atoms with Gasteiger partial charge in [0.05, 0.1) is 0 Å². The third-order valence-corrected chi connectivity index (χ3v) is 4.95. The molecule has 1 aliphatic rings. The fourth-order valence-electron chi connectivity index (χ4n) is 3.54. The number of aromatic nitrogens is 1. The van der Waals surface area contributed by atoms with Crippen molar-refractivity contribution < 1.29 is 4.79 Å². The normalized spacial score (nSPS) is 16.6. The first-order valence-electron chi connectivity index (χ1n) is 9.60. The third-order valence-electron chi connectivity index (χ3n) is 4.95. The van der Waals surface area contributed by atoms with Crippen LogP contribution in [0.5, 0.6) is 0 Å². The van der Waals surface area contributed by atoms with Crippen LogP contribution in [0.1, 0.15) is 22.3 Å². The van der Waals surface area contributed by atoms with Gasteiger partial charge in [-0.1, -0.05) is 36.4 Å². The van der Waals surface area contributed by atoms with E-state index in [4.69, 9.17) is 0 Å². The largest absolute Gasteiger partial charge is 0.355 e. The summed E-state index contributed by atoms with van der Waals surface area (Å²) in [5.41, 5.74) is 3.81. The maximum atomic E-state index is 12.7. The second-order valence-corrected chi connectivity index (χ2v) is 7.12. The van der Waals surface area contributed by atoms with Gasteiger partial charge in [0.2, 0.25) is 0 Å². The minimum atomic E-state index is -0.0232. The van der Waals surface area contributed by atoms with Crippen molar-refractivity contribution in [1.82, 2.24) is 15.2 Å². The molecule has 28 heavy (non-hydrogen) atoms. The van der Waals surface area contributed by atoms with Gasteiger partial charge in [-0.2, -0.15) is 0 Å². The summed E-state index contributed by atoms with van der Waals surface area (Å²) in [6, 6.07) is 22.0. The molecule has 1 fully saturated rings. The quantitative estimate of drug-likeness (QED) is 0.690. The average Bonchev–Trinajstić information content (AvgIpc) is 3.16. The van der Waals surface area contributed by atoms with Gasteiger partial charge in [0.15, 0.2) is 0 Å². The lowest BCUT2D eigenvalue weighted by Crippen LogP contribution is -2.37. The van der Waals surface area contributed by atoms with Crippen molar-refractivity contribution in [3.8, 4) is 0 Å². The molecule has 1 amide bonds. The Hall–Kier alpha value is -3.18. The molecule has 0 aliphatic carbocycles. The Labute approximate surface area is 165 Å². The van der Waals surface area contributed by atoms with E-state index in [1.165, 1.54) is 5.56 Å². The summed E-state index contributed by atoms with van der Waals surface area (Å²) in [6.45, 7) is 2.82. The number of nitrogens with zero attached hydrogens (tertiary/aromatic N) is 2. The van der Waals surface area contributed by atoms with Gasteiger partial charge >= 0.3 is 0 Å². The van der Waals surface area contributed by atoms with Crippen LogP contribution in [0.25, 0.3) is 0 Å². The topological polar surface area (TPSA) is 57.3 Å². The van der Waals surface area contributed by atoms with E-state index in [1.54, 1.807) is 12.4 Å². The number of likely N-dealkylation sites (tertiary alicyclic amines) is 1. The van der Waals surface area contributed by atoms with Gasteiger partial charge in [-0.05, 0) is 42.3 Å². The number of pyridine rings is 1. The highest BCUT2D eigenvalue weighted by Gasteiger charge is 2.24. The Morgan fingerprint density at radius 2 is 1.82 bits per heavy atom. The van der Waals surface area contributed by atoms with Crippen LogP contribution in [-0.4, -0.2) is 34.9 Å². The Bertz CT molecular complexity index is 914. The number of hydrogen-bond acceptors (Lipinski definition) is 4. The van der Waals surface area contributed by atoms with E-state index in [0.29, 0.717) is 5.56 Å². The number of nitrogens with one attached hydrogen (secondary N) is 2. The minimum Gasteiger partial charge on any atom is -0.355 e. The molecule has 2 N–H and O–H groups in total. The van der Waals surface area contributed by atoms with Crippen LogP contribution < -0.4 is 10.6 Å². The molecule has 1 unspecified atom stereocenters. The zero-order chi connectivity index (χ0) is 19.2. The van der Waals surface area contributed by atoms with Gasteiger partial charge in [0.25, 0.3) is 5.91 Å². The van der Waals surface area contributed by atoms with Crippen molar-refractivity contribution in [2.75, 3.05) is 18.4 Å². The molecule has 4 rings (SSSR count). The molecule has 5 nitrogen and oxygen atoms in total. The molecular formula is C23H24N4O. The molecule has 1 aromatic heterocycles. The van der Waals surface area contributed by atoms with Crippen molar-refractivity contribution in [2.45, 2.75) is 19.0 Å². The minimum absolute atomic E-state index is 0.0232. The molecule has 2 aromatic carbocycles. The number of benzene rings is 2. The number of anilines is 2. The SMILES string of the molecule is O=C(NC1CCN(Cc2ccccc2)C1)c1cccc(Nc2ccncc2)c1. The standard InChI is InChI=1S/C23H24N4O/c28-23(19-7-4-8-21(15-19)25-20-9-12-24-13-10-20)26-22-11-14-27(17-22)16-18-5-2-1-3-6-18/h1-10,12-13,15,22H,11,14,16-17H2,(H,24,25)(H,26,28). The van der Waals surface area contributed by atoms with E-state index in [-0.39, 0.29) is 11.9 Å². The lowest BCUT2D eigenvalue weighted by atomic mass is 10.1. The van der Waals surface area contributed by atoms with Crippen LogP contribution in [0.3, 0.4) is 0 Å². The Morgan fingerprint density at radius 3 is 2.64 bits per heavy atom. The highest BCUT2D eigenvalue weighted by molar-refractivity contribution is 5.95. The van der Waals surface area contributed by atoms with Crippen LogP contribution in [0.2, 0.25) is 0 Å². The van der Waals surface area contributed by atoms with E-state index in [9.17, 15) is 4.79 Å². The second-order valence-electron chi connectivity index (χ2n) is 7.12. The van der Waals surface area contributed by atoms with Crippen molar-refractivity contribution in [1.29, 1.82) is 0 Å². The molecule has 0 spiro atoms. The molecule has 0 bridgehead atoms. The average molecular weight is 372 g/mol. The van der Waals surface area contributed by atoms with Gasteiger partial charge in [0, 0.05) is 55.0 Å². The molecule has 1 saturated heterocycles. The van der Waals surface area contributed by atoms with E-state index in [2.05, 4.69) is 44.8 Å². The fraction of sp³-hybridized carbons (Fsp3) is 0.217. The zero-order valence-corrected chi connectivity index (χ0v) is 15.7. The van der Waals surface area contributed by atoms with Crippen LogP contribution >= 0.6 is 0 Å². The number of carbonyl (C=O) groups is 1. The van der Waals surface area contributed by atoms with Gasteiger partial charge in [-0.3, -0.25) is 14.7 Å². The maximum Gasteiger partial charge on any atom is 0.251 e. The fourth-order valence-corrected chi connectivity index (χ4v) is 3.54. The lowest BCUT2D eigenvalue weighted by Gasteiger charge is -2.17. The molecular weight excluding hydrogens is 348 g/mol. The third kappa shape index (κ3) is 4.75. The molecule has 142 valence electrons. The maximum absolute atomic E-state index is 12.7. The molecule has 0 radical (unpaired) electrons. The van der Waals surface area contributed by atoms with Gasteiger partial charge in [-0.25, -0.2) is 0 Å². The van der Waals surface area contributed by atoms with Gasteiger partial charge in [-0.15, -0.1) is 0 Å². The second kappa shape index (κ2) is 8.67. The van der Waals surface area contributed by atoms with E-state index < -0.39 is 0 Å². The summed E-state index contributed by atoms with van der Waals surface area (Å²) >= 11 is 0. The smallest absolute Gasteiger partial charge is 0.251 e.